The van der Waals surface area contributed by atoms with Crippen molar-refractivity contribution in [1.82, 2.24) is 9.80 Å². The Kier molecular flexibility index (Phi) is 6.13. The monoisotopic (exact) mass is 344 g/mol. The maximum atomic E-state index is 12.5. The molecule has 1 aliphatic carbocycles. The van der Waals surface area contributed by atoms with Gasteiger partial charge in [-0.3, -0.25) is 9.69 Å². The van der Waals surface area contributed by atoms with Crippen LogP contribution in [0.25, 0.3) is 0 Å². The predicted molar refractivity (Wildman–Crippen MR) is 100 cm³/mol. The molecule has 4 heteroatoms. The number of aliphatic hydroxyl groups is 1. The first kappa shape index (κ1) is 18.4. The molecule has 25 heavy (non-hydrogen) atoms. The van der Waals surface area contributed by atoms with Gasteiger partial charge < -0.3 is 10.0 Å². The Balaban J connectivity index is 1.43. The van der Waals surface area contributed by atoms with Gasteiger partial charge in [0.25, 0.3) is 0 Å². The van der Waals surface area contributed by atoms with Gasteiger partial charge in [0.1, 0.15) is 0 Å². The summed E-state index contributed by atoms with van der Waals surface area (Å²) in [5.41, 5.74) is 0.602. The largest absolute Gasteiger partial charge is 0.389 e. The quantitative estimate of drug-likeness (QED) is 0.862. The smallest absolute Gasteiger partial charge is 0.225 e. The lowest BCUT2D eigenvalue weighted by Crippen LogP contribution is -2.41. The van der Waals surface area contributed by atoms with E-state index in [1.807, 2.05) is 11.9 Å². The van der Waals surface area contributed by atoms with Gasteiger partial charge in [0, 0.05) is 26.7 Å². The molecular weight excluding hydrogens is 312 g/mol. The molecule has 1 amide bonds. The van der Waals surface area contributed by atoms with E-state index in [0.717, 1.165) is 58.3 Å². The zero-order valence-corrected chi connectivity index (χ0v) is 15.5. The second kappa shape index (κ2) is 8.33. The van der Waals surface area contributed by atoms with Gasteiger partial charge in [-0.15, -0.1) is 0 Å². The molecule has 3 rings (SSSR count). The van der Waals surface area contributed by atoms with E-state index >= 15 is 0 Å². The topological polar surface area (TPSA) is 43.8 Å². The van der Waals surface area contributed by atoms with Crippen molar-refractivity contribution < 1.29 is 9.90 Å². The summed E-state index contributed by atoms with van der Waals surface area (Å²) in [5, 5.41) is 10.6. The average molecular weight is 344 g/mol. The number of hydrogen-bond acceptors (Lipinski definition) is 3. The van der Waals surface area contributed by atoms with Gasteiger partial charge in [-0.05, 0) is 37.3 Å². The van der Waals surface area contributed by atoms with Gasteiger partial charge in [-0.25, -0.2) is 0 Å². The fraction of sp³-hybridized carbons (Fsp3) is 0.667. The highest BCUT2D eigenvalue weighted by molar-refractivity contribution is 5.77. The molecule has 1 aliphatic heterocycles. The number of carbonyl (C=O) groups is 1. The summed E-state index contributed by atoms with van der Waals surface area (Å²) in [6.07, 6.45) is 6.28. The molecule has 0 radical (unpaired) electrons. The van der Waals surface area contributed by atoms with Crippen LogP contribution in [-0.2, 0) is 11.3 Å². The molecule has 138 valence electrons. The molecule has 1 aromatic carbocycles. The summed E-state index contributed by atoms with van der Waals surface area (Å²) in [6, 6.07) is 10.6. The number of benzene rings is 1. The highest BCUT2D eigenvalue weighted by Gasteiger charge is 2.33. The molecule has 2 fully saturated rings. The van der Waals surface area contributed by atoms with Crippen LogP contribution in [0.5, 0.6) is 0 Å². The van der Waals surface area contributed by atoms with Gasteiger partial charge in [0.2, 0.25) is 5.91 Å². The molecule has 1 heterocycles. The minimum atomic E-state index is -0.751. The second-order valence-corrected chi connectivity index (χ2v) is 8.11. The van der Waals surface area contributed by atoms with Crippen LogP contribution >= 0.6 is 0 Å². The first-order chi connectivity index (χ1) is 12.0. The van der Waals surface area contributed by atoms with Crippen LogP contribution in [0.2, 0.25) is 0 Å². The van der Waals surface area contributed by atoms with Crippen LogP contribution in [0.1, 0.15) is 50.5 Å². The molecule has 0 spiro atoms. The Morgan fingerprint density at radius 3 is 2.68 bits per heavy atom. The van der Waals surface area contributed by atoms with Crippen LogP contribution in [-0.4, -0.2) is 53.1 Å². The van der Waals surface area contributed by atoms with E-state index in [1.165, 1.54) is 12.0 Å². The SMILES string of the molecule is CN(CC1CCN(Cc2ccccc2)C1)C(=O)CC1(O)CCCCC1. The van der Waals surface area contributed by atoms with Crippen molar-refractivity contribution in [2.24, 2.45) is 5.92 Å². The molecule has 1 unspecified atom stereocenters. The van der Waals surface area contributed by atoms with E-state index in [2.05, 4.69) is 35.2 Å². The summed E-state index contributed by atoms with van der Waals surface area (Å²) in [4.78, 5) is 16.9. The molecule has 1 aromatic rings. The number of hydrogen-bond donors (Lipinski definition) is 1. The van der Waals surface area contributed by atoms with Gasteiger partial charge >= 0.3 is 0 Å². The normalized spacial score (nSPS) is 23.5. The second-order valence-electron chi connectivity index (χ2n) is 8.11. The van der Waals surface area contributed by atoms with Crippen LogP contribution in [0.15, 0.2) is 30.3 Å². The fourth-order valence-electron chi connectivity index (χ4n) is 4.34. The molecule has 0 bridgehead atoms. The van der Waals surface area contributed by atoms with Gasteiger partial charge in [0.15, 0.2) is 0 Å². The standard InChI is InChI=1S/C21H32N2O2/c1-22(20(24)14-21(25)11-6-3-7-12-21)15-19-10-13-23(17-19)16-18-8-4-2-5-9-18/h2,4-5,8-9,19,25H,3,6-7,10-17H2,1H3. The van der Waals surface area contributed by atoms with Crippen molar-refractivity contribution in [3.63, 3.8) is 0 Å². The lowest BCUT2D eigenvalue weighted by Gasteiger charge is -2.33. The Bertz CT molecular complexity index is 554. The number of nitrogens with zero attached hydrogens (tertiary/aromatic N) is 2. The lowest BCUT2D eigenvalue weighted by molar-refractivity contribution is -0.137. The summed E-state index contributed by atoms with van der Waals surface area (Å²) < 4.78 is 0. The third kappa shape index (κ3) is 5.29. The van der Waals surface area contributed by atoms with E-state index in [-0.39, 0.29) is 5.91 Å². The van der Waals surface area contributed by atoms with Crippen molar-refractivity contribution >= 4 is 5.91 Å². The van der Waals surface area contributed by atoms with Gasteiger partial charge in [0.05, 0.1) is 12.0 Å². The van der Waals surface area contributed by atoms with E-state index < -0.39 is 5.60 Å². The Morgan fingerprint density at radius 1 is 1.24 bits per heavy atom. The number of rotatable bonds is 6. The highest BCUT2D eigenvalue weighted by Crippen LogP contribution is 2.31. The van der Waals surface area contributed by atoms with Crippen molar-refractivity contribution in [2.75, 3.05) is 26.7 Å². The lowest BCUT2D eigenvalue weighted by atomic mass is 9.82. The van der Waals surface area contributed by atoms with Gasteiger partial charge in [-0.1, -0.05) is 49.6 Å². The molecule has 1 atom stereocenters. The maximum absolute atomic E-state index is 12.5. The van der Waals surface area contributed by atoms with E-state index in [0.29, 0.717) is 12.3 Å². The first-order valence-electron chi connectivity index (χ1n) is 9.77. The Morgan fingerprint density at radius 2 is 1.96 bits per heavy atom. The summed E-state index contributed by atoms with van der Waals surface area (Å²) in [7, 11) is 1.90. The number of amides is 1. The average Bonchev–Trinajstić information content (AvgIpc) is 3.03. The van der Waals surface area contributed by atoms with E-state index in [4.69, 9.17) is 0 Å². The minimum Gasteiger partial charge on any atom is -0.389 e. The van der Waals surface area contributed by atoms with Crippen molar-refractivity contribution in [3.8, 4) is 0 Å². The zero-order valence-electron chi connectivity index (χ0n) is 15.5. The summed E-state index contributed by atoms with van der Waals surface area (Å²) in [6.45, 7) is 3.96. The van der Waals surface area contributed by atoms with Crippen LogP contribution in [0.3, 0.4) is 0 Å². The minimum absolute atomic E-state index is 0.103. The summed E-state index contributed by atoms with van der Waals surface area (Å²) >= 11 is 0. The van der Waals surface area contributed by atoms with E-state index in [1.54, 1.807) is 0 Å². The van der Waals surface area contributed by atoms with Crippen LogP contribution < -0.4 is 0 Å². The van der Waals surface area contributed by atoms with Crippen molar-refractivity contribution in [3.05, 3.63) is 35.9 Å². The van der Waals surface area contributed by atoms with E-state index in [9.17, 15) is 9.90 Å². The molecule has 1 saturated heterocycles. The van der Waals surface area contributed by atoms with Crippen molar-refractivity contribution in [2.45, 2.75) is 57.1 Å². The summed E-state index contributed by atoms with van der Waals surface area (Å²) in [5.74, 6) is 0.643. The molecule has 1 N–H and O–H groups in total. The molecule has 1 saturated carbocycles. The van der Waals surface area contributed by atoms with Gasteiger partial charge in [-0.2, -0.15) is 0 Å². The zero-order chi connectivity index (χ0) is 17.7. The van der Waals surface area contributed by atoms with Crippen LogP contribution in [0, 0.1) is 5.92 Å². The maximum Gasteiger partial charge on any atom is 0.225 e. The first-order valence-corrected chi connectivity index (χ1v) is 9.77. The number of likely N-dealkylation sites (tertiary alicyclic amines) is 1. The Hall–Kier alpha value is -1.39. The highest BCUT2D eigenvalue weighted by atomic mass is 16.3. The predicted octanol–water partition coefficient (Wildman–Crippen LogP) is 3.05. The Labute approximate surface area is 151 Å². The molecule has 4 nitrogen and oxygen atoms in total. The molecule has 0 aromatic heterocycles. The third-order valence-electron chi connectivity index (χ3n) is 5.84. The third-order valence-corrected chi connectivity index (χ3v) is 5.84. The van der Waals surface area contributed by atoms with Crippen LogP contribution in [0.4, 0.5) is 0 Å². The fourth-order valence-corrected chi connectivity index (χ4v) is 4.34. The van der Waals surface area contributed by atoms with Crippen molar-refractivity contribution in [1.29, 1.82) is 0 Å². The molecule has 2 aliphatic rings. The number of carbonyl (C=O) groups excluding carboxylic acids is 1. The molecular formula is C21H32N2O2.